The van der Waals surface area contributed by atoms with Crippen LogP contribution in [0.15, 0.2) is 30.3 Å². The van der Waals surface area contributed by atoms with Crippen LogP contribution in [-0.4, -0.2) is 35.1 Å². The molecule has 3 aliphatic rings. The van der Waals surface area contributed by atoms with Gasteiger partial charge in [0.15, 0.2) is 0 Å². The maximum Gasteiger partial charge on any atom is 0.319 e. The smallest absolute Gasteiger partial charge is 0.319 e. The Morgan fingerprint density at radius 2 is 1.48 bits per heavy atom. The molecule has 25 heavy (non-hydrogen) atoms. The number of amides is 2. The molecule has 3 fully saturated rings. The van der Waals surface area contributed by atoms with Crippen molar-refractivity contribution in [3.8, 4) is 0 Å². The number of hydrogen-bond donors (Lipinski definition) is 2. The van der Waals surface area contributed by atoms with Gasteiger partial charge in [0.2, 0.25) is 0 Å². The summed E-state index contributed by atoms with van der Waals surface area (Å²) in [6, 6.07) is 12.1. The molecule has 4 heteroatoms. The number of piperidine rings is 2. The number of anilines is 1. The van der Waals surface area contributed by atoms with Crippen LogP contribution in [-0.2, 0) is 0 Å². The van der Waals surface area contributed by atoms with Gasteiger partial charge in [-0.05, 0) is 50.7 Å². The largest absolute Gasteiger partial charge is 0.335 e. The summed E-state index contributed by atoms with van der Waals surface area (Å²) < 4.78 is 0. The van der Waals surface area contributed by atoms with Crippen LogP contribution in [0.4, 0.5) is 10.5 Å². The minimum absolute atomic E-state index is 0.0552. The summed E-state index contributed by atoms with van der Waals surface area (Å²) in [6.07, 6.45) is 13.2. The number of rotatable bonds is 3. The minimum Gasteiger partial charge on any atom is -0.335 e. The number of nitrogens with one attached hydrogen (secondary N) is 2. The molecule has 2 amide bonds. The number of carbonyl (C=O) groups excluding carboxylic acids is 1. The summed E-state index contributed by atoms with van der Waals surface area (Å²) in [7, 11) is 0. The average Bonchev–Trinajstić information content (AvgIpc) is 2.62. The third-order valence-electron chi connectivity index (χ3n) is 6.39. The third-order valence-corrected chi connectivity index (χ3v) is 6.39. The highest BCUT2D eigenvalue weighted by Crippen LogP contribution is 2.39. The van der Waals surface area contributed by atoms with Crippen LogP contribution in [0.1, 0.15) is 64.2 Å². The molecule has 2 heterocycles. The lowest BCUT2D eigenvalue weighted by Gasteiger charge is -2.53. The lowest BCUT2D eigenvalue weighted by molar-refractivity contribution is -0.0202. The van der Waals surface area contributed by atoms with E-state index in [1.165, 1.54) is 51.4 Å². The molecule has 0 aromatic heterocycles. The normalized spacial score (nSPS) is 30.6. The lowest BCUT2D eigenvalue weighted by Crippen LogP contribution is -2.60. The zero-order valence-corrected chi connectivity index (χ0v) is 15.1. The molecule has 1 unspecified atom stereocenters. The second-order valence-corrected chi connectivity index (χ2v) is 8.11. The molecule has 4 nitrogen and oxygen atoms in total. The van der Waals surface area contributed by atoms with E-state index < -0.39 is 0 Å². The molecule has 1 aromatic rings. The predicted molar refractivity (Wildman–Crippen MR) is 102 cm³/mol. The Bertz CT molecular complexity index is 556. The van der Waals surface area contributed by atoms with Gasteiger partial charge in [-0.15, -0.1) is 0 Å². The van der Waals surface area contributed by atoms with Gasteiger partial charge in [0.05, 0.1) is 0 Å². The highest BCUT2D eigenvalue weighted by molar-refractivity contribution is 5.89. The van der Waals surface area contributed by atoms with Crippen molar-refractivity contribution in [2.45, 2.75) is 88.4 Å². The fourth-order valence-electron chi connectivity index (χ4n) is 5.38. The maximum absolute atomic E-state index is 12.3. The van der Waals surface area contributed by atoms with Crippen LogP contribution >= 0.6 is 0 Å². The highest BCUT2D eigenvalue weighted by atomic mass is 16.2. The summed E-state index contributed by atoms with van der Waals surface area (Å²) in [6.45, 7) is 0. The SMILES string of the molecule is O=C(Nc1ccccc1)NC1C[C@H]2CCC[C@@H](C1)N2C1CCCCC1. The monoisotopic (exact) mass is 341 g/mol. The van der Waals surface area contributed by atoms with Crippen LogP contribution in [0.3, 0.4) is 0 Å². The average molecular weight is 341 g/mol. The quantitative estimate of drug-likeness (QED) is 0.848. The van der Waals surface area contributed by atoms with E-state index in [1.54, 1.807) is 0 Å². The standard InChI is InChI=1S/C21H31N3O/c25-21(22-16-8-3-1-4-9-16)23-17-14-19-12-7-13-20(15-17)24(19)18-10-5-2-6-11-18/h1,3-4,8-9,17-20H,2,5-7,10-15H2,(H2,22,23,25)/t17?,19-,20+. The van der Waals surface area contributed by atoms with Crippen LogP contribution in [0.25, 0.3) is 0 Å². The molecule has 0 spiro atoms. The van der Waals surface area contributed by atoms with E-state index in [4.69, 9.17) is 0 Å². The van der Waals surface area contributed by atoms with Crippen LogP contribution in [0, 0.1) is 0 Å². The van der Waals surface area contributed by atoms with Gasteiger partial charge in [-0.2, -0.15) is 0 Å². The number of carbonyl (C=O) groups is 1. The van der Waals surface area contributed by atoms with Crippen molar-refractivity contribution in [2.75, 3.05) is 5.32 Å². The summed E-state index contributed by atoms with van der Waals surface area (Å²) in [4.78, 5) is 15.2. The number of para-hydroxylation sites is 1. The molecule has 136 valence electrons. The Balaban J connectivity index is 1.35. The molecule has 1 aliphatic carbocycles. The first-order valence-electron chi connectivity index (χ1n) is 10.2. The number of fused-ring (bicyclic) bond motifs is 2. The van der Waals surface area contributed by atoms with Gasteiger partial charge in [0.25, 0.3) is 0 Å². The first-order valence-corrected chi connectivity index (χ1v) is 10.2. The van der Waals surface area contributed by atoms with E-state index in [-0.39, 0.29) is 6.03 Å². The van der Waals surface area contributed by atoms with Crippen LogP contribution in [0.5, 0.6) is 0 Å². The van der Waals surface area contributed by atoms with E-state index in [9.17, 15) is 4.79 Å². The zero-order chi connectivity index (χ0) is 17.1. The van der Waals surface area contributed by atoms with Crippen molar-refractivity contribution in [1.82, 2.24) is 10.2 Å². The number of urea groups is 1. The first kappa shape index (κ1) is 16.9. The van der Waals surface area contributed by atoms with Gasteiger partial charge in [-0.3, -0.25) is 4.90 Å². The van der Waals surface area contributed by atoms with Gasteiger partial charge < -0.3 is 10.6 Å². The molecule has 1 saturated carbocycles. The summed E-state index contributed by atoms with van der Waals surface area (Å²) in [5, 5.41) is 6.21. The topological polar surface area (TPSA) is 44.4 Å². The Morgan fingerprint density at radius 3 is 2.16 bits per heavy atom. The number of nitrogens with zero attached hydrogens (tertiary/aromatic N) is 1. The summed E-state index contributed by atoms with van der Waals surface area (Å²) in [5.74, 6) is 0. The molecule has 2 N–H and O–H groups in total. The number of hydrogen-bond acceptors (Lipinski definition) is 2. The Hall–Kier alpha value is -1.55. The molecule has 3 atom stereocenters. The maximum atomic E-state index is 12.3. The first-order chi connectivity index (χ1) is 12.3. The minimum atomic E-state index is -0.0552. The van der Waals surface area contributed by atoms with Gasteiger partial charge in [-0.1, -0.05) is 43.9 Å². The van der Waals surface area contributed by atoms with Crippen molar-refractivity contribution < 1.29 is 4.79 Å². The van der Waals surface area contributed by atoms with E-state index >= 15 is 0 Å². The Labute approximate surface area is 151 Å². The van der Waals surface area contributed by atoms with Gasteiger partial charge >= 0.3 is 6.03 Å². The number of benzene rings is 1. The van der Waals surface area contributed by atoms with Gasteiger partial charge in [-0.25, -0.2) is 4.79 Å². The molecular weight excluding hydrogens is 310 g/mol. The van der Waals surface area contributed by atoms with Crippen molar-refractivity contribution in [3.05, 3.63) is 30.3 Å². The Kier molecular flexibility index (Phi) is 5.25. The molecule has 2 bridgehead atoms. The van der Waals surface area contributed by atoms with Crippen molar-refractivity contribution in [3.63, 3.8) is 0 Å². The van der Waals surface area contributed by atoms with Gasteiger partial charge in [0.1, 0.15) is 0 Å². The molecular formula is C21H31N3O. The molecule has 4 rings (SSSR count). The van der Waals surface area contributed by atoms with E-state index in [0.717, 1.165) is 24.6 Å². The predicted octanol–water partition coefficient (Wildman–Crippen LogP) is 4.53. The van der Waals surface area contributed by atoms with E-state index in [2.05, 4.69) is 15.5 Å². The summed E-state index contributed by atoms with van der Waals surface area (Å²) in [5.41, 5.74) is 0.861. The lowest BCUT2D eigenvalue weighted by atomic mass is 9.78. The van der Waals surface area contributed by atoms with E-state index in [0.29, 0.717) is 18.1 Å². The fourth-order valence-corrected chi connectivity index (χ4v) is 5.38. The van der Waals surface area contributed by atoms with Crippen molar-refractivity contribution >= 4 is 11.7 Å². The fraction of sp³-hybridized carbons (Fsp3) is 0.667. The highest BCUT2D eigenvalue weighted by Gasteiger charge is 2.41. The van der Waals surface area contributed by atoms with Crippen LogP contribution in [0.2, 0.25) is 0 Å². The summed E-state index contributed by atoms with van der Waals surface area (Å²) >= 11 is 0. The van der Waals surface area contributed by atoms with E-state index in [1.807, 2.05) is 30.3 Å². The molecule has 2 aliphatic heterocycles. The Morgan fingerprint density at radius 1 is 0.840 bits per heavy atom. The van der Waals surface area contributed by atoms with Gasteiger partial charge in [0, 0.05) is 29.9 Å². The molecule has 0 radical (unpaired) electrons. The second-order valence-electron chi connectivity index (χ2n) is 8.11. The molecule has 1 aromatic carbocycles. The third kappa shape index (κ3) is 4.00. The molecule has 2 saturated heterocycles. The second kappa shape index (κ2) is 7.77. The van der Waals surface area contributed by atoms with Crippen molar-refractivity contribution in [1.29, 1.82) is 0 Å². The van der Waals surface area contributed by atoms with Crippen LogP contribution < -0.4 is 10.6 Å². The zero-order valence-electron chi connectivity index (χ0n) is 15.1. The van der Waals surface area contributed by atoms with Crippen molar-refractivity contribution in [2.24, 2.45) is 0 Å².